The fourth-order valence-corrected chi connectivity index (χ4v) is 2.21. The molecule has 1 saturated heterocycles. The second-order valence-electron chi connectivity index (χ2n) is 4.14. The first-order chi connectivity index (χ1) is 7.51. The van der Waals surface area contributed by atoms with Gasteiger partial charge >= 0.3 is 0 Å². The zero-order valence-corrected chi connectivity index (χ0v) is 10.4. The molecule has 0 aromatic heterocycles. The van der Waals surface area contributed by atoms with Crippen LogP contribution in [0.5, 0.6) is 0 Å². The molecule has 16 heavy (non-hydrogen) atoms. The van der Waals surface area contributed by atoms with Crippen LogP contribution in [0.3, 0.4) is 0 Å². The van der Waals surface area contributed by atoms with Crippen molar-refractivity contribution in [1.29, 1.82) is 0 Å². The minimum Gasteiger partial charge on any atom is -0.376 e. The molecule has 2 atom stereocenters. The van der Waals surface area contributed by atoms with Crippen molar-refractivity contribution >= 4 is 15.9 Å². The van der Waals surface area contributed by atoms with Crippen LogP contribution in [0.1, 0.15) is 12.5 Å². The van der Waals surface area contributed by atoms with Crippen molar-refractivity contribution in [2.45, 2.75) is 18.7 Å². The SMILES string of the molecule is CC1(c2ccc(F)c(Br)c2)COCC(O)N1. The van der Waals surface area contributed by atoms with Gasteiger partial charge in [-0.2, -0.15) is 0 Å². The predicted octanol–water partition coefficient (Wildman–Crippen LogP) is 1.74. The Morgan fingerprint density at radius 2 is 2.38 bits per heavy atom. The lowest BCUT2D eigenvalue weighted by molar-refractivity contribution is -0.0708. The van der Waals surface area contributed by atoms with Gasteiger partial charge in [0.25, 0.3) is 0 Å². The third-order valence-corrected chi connectivity index (χ3v) is 3.32. The molecule has 2 rings (SSSR count). The van der Waals surface area contributed by atoms with Crippen LogP contribution in [0, 0.1) is 5.82 Å². The molecular formula is C11H13BrFNO2. The topological polar surface area (TPSA) is 41.5 Å². The van der Waals surface area contributed by atoms with E-state index in [-0.39, 0.29) is 12.4 Å². The van der Waals surface area contributed by atoms with E-state index in [4.69, 9.17) is 4.74 Å². The summed E-state index contributed by atoms with van der Waals surface area (Å²) in [5, 5.41) is 12.6. The summed E-state index contributed by atoms with van der Waals surface area (Å²) >= 11 is 3.15. The van der Waals surface area contributed by atoms with Crippen molar-refractivity contribution in [3.8, 4) is 0 Å². The van der Waals surface area contributed by atoms with Gasteiger partial charge in [-0.15, -0.1) is 0 Å². The molecule has 2 unspecified atom stereocenters. The summed E-state index contributed by atoms with van der Waals surface area (Å²) in [7, 11) is 0. The number of nitrogens with one attached hydrogen (secondary N) is 1. The average molecular weight is 290 g/mol. The molecule has 0 radical (unpaired) electrons. The molecule has 1 aliphatic heterocycles. The molecule has 0 bridgehead atoms. The van der Waals surface area contributed by atoms with Crippen LogP contribution >= 0.6 is 15.9 Å². The van der Waals surface area contributed by atoms with Crippen molar-refractivity contribution in [3.63, 3.8) is 0 Å². The van der Waals surface area contributed by atoms with Crippen LogP contribution in [0.15, 0.2) is 22.7 Å². The highest BCUT2D eigenvalue weighted by Crippen LogP contribution is 2.28. The Kier molecular flexibility index (Phi) is 3.30. The number of rotatable bonds is 1. The van der Waals surface area contributed by atoms with Crippen molar-refractivity contribution in [2.24, 2.45) is 0 Å². The lowest BCUT2D eigenvalue weighted by Gasteiger charge is -2.38. The lowest BCUT2D eigenvalue weighted by atomic mass is 9.92. The summed E-state index contributed by atoms with van der Waals surface area (Å²) in [6, 6.07) is 4.78. The van der Waals surface area contributed by atoms with Crippen molar-refractivity contribution in [2.75, 3.05) is 13.2 Å². The first-order valence-corrected chi connectivity index (χ1v) is 5.80. The number of aliphatic hydroxyl groups excluding tert-OH is 1. The van der Waals surface area contributed by atoms with Gasteiger partial charge < -0.3 is 9.84 Å². The number of ether oxygens (including phenoxy) is 1. The summed E-state index contributed by atoms with van der Waals surface area (Å²) in [5.41, 5.74) is 0.382. The van der Waals surface area contributed by atoms with Crippen molar-refractivity contribution < 1.29 is 14.2 Å². The monoisotopic (exact) mass is 289 g/mol. The smallest absolute Gasteiger partial charge is 0.137 e. The van der Waals surface area contributed by atoms with E-state index in [0.717, 1.165) is 5.56 Å². The van der Waals surface area contributed by atoms with E-state index in [1.165, 1.54) is 6.07 Å². The Labute approximate surface area is 102 Å². The Morgan fingerprint density at radius 1 is 1.62 bits per heavy atom. The first-order valence-electron chi connectivity index (χ1n) is 5.00. The van der Waals surface area contributed by atoms with Gasteiger partial charge in [-0.3, -0.25) is 5.32 Å². The molecular weight excluding hydrogens is 277 g/mol. The standard InChI is InChI=1S/C11H13BrFNO2/c1-11(6-16-5-10(15)14-11)7-2-3-9(13)8(12)4-7/h2-4,10,14-15H,5-6H2,1H3. The number of halogens is 2. The van der Waals surface area contributed by atoms with Crippen LogP contribution in [0.2, 0.25) is 0 Å². The largest absolute Gasteiger partial charge is 0.376 e. The molecule has 0 aliphatic carbocycles. The fraction of sp³-hybridized carbons (Fsp3) is 0.455. The molecule has 0 saturated carbocycles. The molecule has 3 nitrogen and oxygen atoms in total. The van der Waals surface area contributed by atoms with E-state index in [2.05, 4.69) is 21.2 Å². The number of aliphatic hydroxyl groups is 1. The zero-order valence-electron chi connectivity index (χ0n) is 8.84. The van der Waals surface area contributed by atoms with Gasteiger partial charge in [0.05, 0.1) is 23.2 Å². The molecule has 1 fully saturated rings. The number of morpholine rings is 1. The van der Waals surface area contributed by atoms with Crippen LogP contribution in [0.4, 0.5) is 4.39 Å². The summed E-state index contributed by atoms with van der Waals surface area (Å²) in [4.78, 5) is 0. The van der Waals surface area contributed by atoms with E-state index in [1.54, 1.807) is 12.1 Å². The van der Waals surface area contributed by atoms with Gasteiger partial charge in [0.1, 0.15) is 12.0 Å². The fourth-order valence-electron chi connectivity index (χ4n) is 1.83. The molecule has 0 spiro atoms. The van der Waals surface area contributed by atoms with Gasteiger partial charge in [0.15, 0.2) is 0 Å². The van der Waals surface area contributed by atoms with Crippen LogP contribution in [-0.4, -0.2) is 24.5 Å². The molecule has 1 aromatic carbocycles. The van der Waals surface area contributed by atoms with E-state index >= 15 is 0 Å². The summed E-state index contributed by atoms with van der Waals surface area (Å²) < 4.78 is 18.8. The van der Waals surface area contributed by atoms with E-state index < -0.39 is 11.8 Å². The zero-order chi connectivity index (χ0) is 11.8. The Morgan fingerprint density at radius 3 is 3.00 bits per heavy atom. The highest BCUT2D eigenvalue weighted by atomic mass is 79.9. The normalized spacial score (nSPS) is 30.4. The first kappa shape index (κ1) is 12.0. The molecule has 0 amide bonds. The maximum absolute atomic E-state index is 13.1. The number of hydrogen-bond acceptors (Lipinski definition) is 3. The third kappa shape index (κ3) is 2.27. The molecule has 1 aromatic rings. The molecule has 88 valence electrons. The second kappa shape index (κ2) is 4.41. The van der Waals surface area contributed by atoms with Crippen molar-refractivity contribution in [3.05, 3.63) is 34.1 Å². The highest BCUT2D eigenvalue weighted by molar-refractivity contribution is 9.10. The predicted molar refractivity (Wildman–Crippen MR) is 61.4 cm³/mol. The van der Waals surface area contributed by atoms with Gasteiger partial charge in [-0.1, -0.05) is 6.07 Å². The average Bonchev–Trinajstić information content (AvgIpc) is 2.21. The summed E-state index contributed by atoms with van der Waals surface area (Å²) in [5.74, 6) is -0.301. The molecule has 1 aliphatic rings. The summed E-state index contributed by atoms with van der Waals surface area (Å²) in [6.45, 7) is 2.63. The van der Waals surface area contributed by atoms with E-state index in [0.29, 0.717) is 11.1 Å². The second-order valence-corrected chi connectivity index (χ2v) is 4.99. The third-order valence-electron chi connectivity index (χ3n) is 2.71. The van der Waals surface area contributed by atoms with Crippen LogP contribution in [-0.2, 0) is 10.3 Å². The quantitative estimate of drug-likeness (QED) is 0.828. The highest BCUT2D eigenvalue weighted by Gasteiger charge is 2.33. The molecule has 5 heteroatoms. The number of benzene rings is 1. The minimum absolute atomic E-state index is 0.276. The maximum Gasteiger partial charge on any atom is 0.137 e. The van der Waals surface area contributed by atoms with Crippen molar-refractivity contribution in [1.82, 2.24) is 5.32 Å². The Balaban J connectivity index is 2.31. The van der Waals surface area contributed by atoms with Gasteiger partial charge in [-0.25, -0.2) is 4.39 Å². The van der Waals surface area contributed by atoms with Crippen LogP contribution < -0.4 is 5.32 Å². The lowest BCUT2D eigenvalue weighted by Crippen LogP contribution is -2.55. The molecule has 1 heterocycles. The van der Waals surface area contributed by atoms with Gasteiger partial charge in [-0.05, 0) is 40.5 Å². The maximum atomic E-state index is 13.1. The van der Waals surface area contributed by atoms with Gasteiger partial charge in [0, 0.05) is 0 Å². The van der Waals surface area contributed by atoms with E-state index in [9.17, 15) is 9.50 Å². The Bertz CT molecular complexity index is 402. The minimum atomic E-state index is -0.692. The molecule has 2 N–H and O–H groups in total. The van der Waals surface area contributed by atoms with E-state index in [1.807, 2.05) is 6.92 Å². The Hall–Kier alpha value is -0.490. The summed E-state index contributed by atoms with van der Waals surface area (Å²) in [6.07, 6.45) is -0.692. The van der Waals surface area contributed by atoms with Gasteiger partial charge in [0.2, 0.25) is 0 Å². The number of hydrogen-bond donors (Lipinski definition) is 2. The van der Waals surface area contributed by atoms with Crippen LogP contribution in [0.25, 0.3) is 0 Å².